The zero-order valence-corrected chi connectivity index (χ0v) is 24.0. The number of carbonyl (C=O) groups excluding carboxylic acids is 2. The van der Waals surface area contributed by atoms with Gasteiger partial charge in [-0.3, -0.25) is 4.79 Å². The molecule has 198 valence electrons. The van der Waals surface area contributed by atoms with Crippen molar-refractivity contribution in [2.45, 2.75) is 31.0 Å². The minimum atomic E-state index is -2.27. The van der Waals surface area contributed by atoms with Crippen molar-refractivity contribution in [3.8, 4) is 0 Å². The number of hydrogen-bond donors (Lipinski definition) is 0. The van der Waals surface area contributed by atoms with Crippen LogP contribution in [0.15, 0.2) is 104 Å². The van der Waals surface area contributed by atoms with Crippen LogP contribution in [0.25, 0.3) is 0 Å². The SMILES string of the molecule is C=CCOC(=O)N1CCC(N2CCC([P+](c3ccccc3)(c3ccccc3)c3ccccc3)C2=O)CC1.[Br-]. The molecular formula is C31H34BrN2O3P. The Kier molecular flexibility index (Phi) is 9.40. The Morgan fingerprint density at radius 2 is 1.29 bits per heavy atom. The molecule has 2 heterocycles. The van der Waals surface area contributed by atoms with E-state index in [1.54, 1.807) is 11.0 Å². The first-order valence-electron chi connectivity index (χ1n) is 13.0. The van der Waals surface area contributed by atoms with Crippen molar-refractivity contribution in [2.24, 2.45) is 0 Å². The molecular weight excluding hydrogens is 559 g/mol. The fourth-order valence-corrected chi connectivity index (χ4v) is 10.9. The van der Waals surface area contributed by atoms with E-state index in [0.29, 0.717) is 13.1 Å². The van der Waals surface area contributed by atoms with Gasteiger partial charge in [-0.15, -0.1) is 0 Å². The van der Waals surface area contributed by atoms with E-state index in [2.05, 4.69) is 84.3 Å². The number of rotatable bonds is 7. The molecule has 0 bridgehead atoms. The van der Waals surface area contributed by atoms with Crippen LogP contribution in [0.5, 0.6) is 0 Å². The van der Waals surface area contributed by atoms with Gasteiger partial charge >= 0.3 is 6.09 Å². The summed E-state index contributed by atoms with van der Waals surface area (Å²) < 4.78 is 5.21. The van der Waals surface area contributed by atoms with Crippen molar-refractivity contribution in [3.63, 3.8) is 0 Å². The standard InChI is InChI=1S/C31H34N2O3P.BrH/c1-2-24-36-31(35)32-21-18-25(19-22-32)33-23-20-29(30(33)34)37(26-12-6-3-7-13-26,27-14-8-4-9-15-27)28-16-10-5-11-17-28;/h2-17,25,29H,1,18-24H2;1H/q+1;/p-1. The van der Waals surface area contributed by atoms with E-state index in [1.165, 1.54) is 15.9 Å². The van der Waals surface area contributed by atoms with Gasteiger partial charge in [0.15, 0.2) is 5.66 Å². The van der Waals surface area contributed by atoms with Crippen LogP contribution in [0, 0.1) is 0 Å². The molecule has 0 saturated carbocycles. The van der Waals surface area contributed by atoms with Gasteiger partial charge in [-0.05, 0) is 49.2 Å². The van der Waals surface area contributed by atoms with Gasteiger partial charge in [0.1, 0.15) is 29.8 Å². The summed E-state index contributed by atoms with van der Waals surface area (Å²) in [4.78, 5) is 30.5. The summed E-state index contributed by atoms with van der Waals surface area (Å²) >= 11 is 0. The van der Waals surface area contributed by atoms with Crippen molar-refractivity contribution in [1.29, 1.82) is 0 Å². The molecule has 38 heavy (non-hydrogen) atoms. The predicted molar refractivity (Wildman–Crippen MR) is 151 cm³/mol. The number of carbonyl (C=O) groups is 2. The van der Waals surface area contributed by atoms with Crippen LogP contribution in [-0.4, -0.2) is 59.7 Å². The Morgan fingerprint density at radius 1 is 0.816 bits per heavy atom. The molecule has 3 aromatic carbocycles. The van der Waals surface area contributed by atoms with Gasteiger partial charge in [0.2, 0.25) is 0 Å². The smallest absolute Gasteiger partial charge is 0.410 e. The second kappa shape index (κ2) is 12.7. The Bertz CT molecular complexity index is 1120. The largest absolute Gasteiger partial charge is 1.00 e. The lowest BCUT2D eigenvalue weighted by Gasteiger charge is -2.37. The van der Waals surface area contributed by atoms with E-state index in [4.69, 9.17) is 4.74 Å². The third-order valence-electron chi connectivity index (χ3n) is 7.66. The molecule has 0 N–H and O–H groups in total. The van der Waals surface area contributed by atoms with Crippen LogP contribution < -0.4 is 32.9 Å². The van der Waals surface area contributed by atoms with Gasteiger partial charge in [-0.25, -0.2) is 4.79 Å². The van der Waals surface area contributed by atoms with E-state index in [0.717, 1.165) is 25.8 Å². The number of benzene rings is 3. The van der Waals surface area contributed by atoms with E-state index < -0.39 is 7.26 Å². The maximum atomic E-state index is 14.4. The average Bonchev–Trinajstić information content (AvgIpc) is 3.35. The number of hydrogen-bond acceptors (Lipinski definition) is 3. The van der Waals surface area contributed by atoms with Crippen LogP contribution in [0.2, 0.25) is 0 Å². The summed E-state index contributed by atoms with van der Waals surface area (Å²) in [6.45, 7) is 5.78. The summed E-state index contributed by atoms with van der Waals surface area (Å²) in [5, 5.41) is 3.73. The normalized spacial score (nSPS) is 18.1. The maximum absolute atomic E-state index is 14.4. The van der Waals surface area contributed by atoms with Crippen molar-refractivity contribution < 1.29 is 31.3 Å². The molecule has 0 aromatic heterocycles. The summed E-state index contributed by atoms with van der Waals surface area (Å²) in [5.41, 5.74) is -0.115. The highest BCUT2D eigenvalue weighted by Crippen LogP contribution is 2.62. The minimum Gasteiger partial charge on any atom is -1.00 e. The number of nitrogens with zero attached hydrogens (tertiary/aromatic N) is 2. The van der Waals surface area contributed by atoms with Gasteiger partial charge in [0, 0.05) is 32.1 Å². The second-order valence-electron chi connectivity index (χ2n) is 9.65. The van der Waals surface area contributed by atoms with Crippen molar-refractivity contribution >= 4 is 35.2 Å². The minimum absolute atomic E-state index is 0. The first-order valence-corrected chi connectivity index (χ1v) is 14.9. The number of piperidine rings is 1. The Morgan fingerprint density at radius 3 is 1.74 bits per heavy atom. The summed E-state index contributed by atoms with van der Waals surface area (Å²) in [6.07, 6.45) is 3.65. The molecule has 3 aromatic rings. The molecule has 2 fully saturated rings. The van der Waals surface area contributed by atoms with Gasteiger partial charge in [-0.2, -0.15) is 0 Å². The lowest BCUT2D eigenvalue weighted by Crippen LogP contribution is -3.00. The van der Waals surface area contributed by atoms with E-state index in [-0.39, 0.29) is 47.3 Å². The first-order chi connectivity index (χ1) is 18.2. The van der Waals surface area contributed by atoms with Crippen LogP contribution >= 0.6 is 7.26 Å². The average molecular weight is 594 g/mol. The van der Waals surface area contributed by atoms with Crippen molar-refractivity contribution in [1.82, 2.24) is 9.80 Å². The summed E-state index contributed by atoms with van der Waals surface area (Å²) in [5.74, 6) is 0.248. The zero-order valence-electron chi connectivity index (χ0n) is 21.5. The van der Waals surface area contributed by atoms with E-state index >= 15 is 0 Å². The highest BCUT2D eigenvalue weighted by molar-refractivity contribution is 7.96. The van der Waals surface area contributed by atoms with Crippen LogP contribution in [-0.2, 0) is 9.53 Å². The molecule has 0 spiro atoms. The van der Waals surface area contributed by atoms with Gasteiger partial charge < -0.3 is 31.5 Å². The molecule has 5 rings (SSSR count). The topological polar surface area (TPSA) is 49.9 Å². The fourth-order valence-electron chi connectivity index (χ4n) is 5.97. The fraction of sp³-hybridized carbons (Fsp3) is 0.290. The monoisotopic (exact) mass is 592 g/mol. The number of likely N-dealkylation sites (tertiary alicyclic amines) is 2. The number of ether oxygens (including phenoxy) is 1. The third kappa shape index (κ3) is 5.30. The maximum Gasteiger partial charge on any atom is 0.410 e. The third-order valence-corrected chi connectivity index (χ3v) is 12.4. The molecule has 7 heteroatoms. The van der Waals surface area contributed by atoms with Crippen LogP contribution in [0.1, 0.15) is 19.3 Å². The van der Waals surface area contributed by atoms with Crippen molar-refractivity contribution in [2.75, 3.05) is 26.2 Å². The highest BCUT2D eigenvalue weighted by atomic mass is 79.9. The Labute approximate surface area is 236 Å². The lowest BCUT2D eigenvalue weighted by atomic mass is 10.0. The van der Waals surface area contributed by atoms with Crippen LogP contribution in [0.4, 0.5) is 4.79 Å². The van der Waals surface area contributed by atoms with Crippen molar-refractivity contribution in [3.05, 3.63) is 104 Å². The molecule has 1 unspecified atom stereocenters. The summed E-state index contributed by atoms with van der Waals surface area (Å²) in [7, 11) is -2.27. The zero-order chi connectivity index (χ0) is 25.7. The quantitative estimate of drug-likeness (QED) is 0.308. The van der Waals surface area contributed by atoms with Crippen LogP contribution in [0.3, 0.4) is 0 Å². The number of halogens is 1. The molecule has 2 aliphatic rings. The van der Waals surface area contributed by atoms with Gasteiger partial charge in [0.25, 0.3) is 5.91 Å². The van der Waals surface area contributed by atoms with E-state index in [9.17, 15) is 9.59 Å². The Hall–Kier alpha value is -2.95. The van der Waals surface area contributed by atoms with E-state index in [1.807, 2.05) is 18.2 Å². The molecule has 2 amide bonds. The Balaban J connectivity index is 0.00000336. The molecule has 1 atom stereocenters. The van der Waals surface area contributed by atoms with Gasteiger partial charge in [0.05, 0.1) is 0 Å². The molecule has 0 radical (unpaired) electrons. The molecule has 2 aliphatic heterocycles. The highest BCUT2D eigenvalue weighted by Gasteiger charge is 2.59. The second-order valence-corrected chi connectivity index (χ2v) is 13.3. The predicted octanol–water partition coefficient (Wildman–Crippen LogP) is 1.37. The molecule has 5 nitrogen and oxygen atoms in total. The lowest BCUT2D eigenvalue weighted by molar-refractivity contribution is -0.130. The first kappa shape index (κ1) is 28.1. The van der Waals surface area contributed by atoms with Gasteiger partial charge in [-0.1, -0.05) is 67.3 Å². The molecule has 0 aliphatic carbocycles. The summed E-state index contributed by atoms with van der Waals surface area (Å²) in [6, 6.07) is 32.1. The molecule has 2 saturated heterocycles. The number of amides is 2.